The molecule has 1 aromatic heterocycles. The maximum atomic E-state index is 12.9. The van der Waals surface area contributed by atoms with E-state index in [-0.39, 0.29) is 17.9 Å². The predicted octanol–water partition coefficient (Wildman–Crippen LogP) is 2.59. The molecule has 1 amide bonds. The number of rotatable bonds is 5. The average molecular weight is 359 g/mol. The third-order valence-electron chi connectivity index (χ3n) is 4.75. The fourth-order valence-electron chi connectivity index (χ4n) is 3.66. The number of carbonyl (C=O) groups is 1. The molecule has 3 rings (SSSR count). The third kappa shape index (κ3) is 4.08. The van der Waals surface area contributed by atoms with E-state index in [1.54, 1.807) is 17.5 Å². The number of benzene rings is 1. The Morgan fingerprint density at radius 3 is 2.72 bits per heavy atom. The van der Waals surface area contributed by atoms with Gasteiger partial charge in [-0.1, -0.05) is 12.1 Å². The molecule has 0 saturated carbocycles. The molecule has 0 spiro atoms. The van der Waals surface area contributed by atoms with Crippen molar-refractivity contribution in [3.8, 4) is 10.6 Å². The molecule has 2 heterocycles. The number of hydrogen-bond donors (Lipinski definition) is 1. The number of hydrogen-bond acceptors (Lipinski definition) is 5. The number of thiazole rings is 1. The monoisotopic (exact) mass is 359 g/mol. The van der Waals surface area contributed by atoms with Gasteiger partial charge in [-0.3, -0.25) is 4.79 Å². The molecule has 1 fully saturated rings. The standard InChI is InChI=1S/C19H25N3O2S/c1-21(2)12-19(14-23)8-3-10-22(13-19)18(24)16-6-4-15(5-7-16)17-20-9-11-25-17/h4-7,9,11,23H,3,8,10,12-14H2,1-2H3. The summed E-state index contributed by atoms with van der Waals surface area (Å²) in [6, 6.07) is 7.66. The molecule has 1 atom stereocenters. The van der Waals surface area contributed by atoms with Crippen LogP contribution in [0.3, 0.4) is 0 Å². The number of carbonyl (C=O) groups excluding carboxylic acids is 1. The highest BCUT2D eigenvalue weighted by molar-refractivity contribution is 7.13. The fourth-order valence-corrected chi connectivity index (χ4v) is 4.31. The smallest absolute Gasteiger partial charge is 0.253 e. The predicted molar refractivity (Wildman–Crippen MR) is 101 cm³/mol. The first-order chi connectivity index (χ1) is 12.0. The largest absolute Gasteiger partial charge is 0.396 e. The first-order valence-corrected chi connectivity index (χ1v) is 9.46. The second kappa shape index (κ2) is 7.64. The van der Waals surface area contributed by atoms with E-state index in [4.69, 9.17) is 0 Å². The fraction of sp³-hybridized carbons (Fsp3) is 0.474. The Morgan fingerprint density at radius 1 is 1.36 bits per heavy atom. The molecular formula is C19H25N3O2S. The van der Waals surface area contributed by atoms with Gasteiger partial charge in [0.25, 0.3) is 5.91 Å². The van der Waals surface area contributed by atoms with E-state index in [0.29, 0.717) is 12.1 Å². The molecule has 25 heavy (non-hydrogen) atoms. The van der Waals surface area contributed by atoms with Crippen molar-refractivity contribution in [1.29, 1.82) is 0 Å². The zero-order valence-corrected chi connectivity index (χ0v) is 15.6. The molecule has 1 unspecified atom stereocenters. The van der Waals surface area contributed by atoms with Crippen molar-refractivity contribution < 1.29 is 9.90 Å². The summed E-state index contributed by atoms with van der Waals surface area (Å²) in [5.41, 5.74) is 1.50. The summed E-state index contributed by atoms with van der Waals surface area (Å²) in [5.74, 6) is 0.0435. The first kappa shape index (κ1) is 18.0. The van der Waals surface area contributed by atoms with E-state index in [9.17, 15) is 9.90 Å². The van der Waals surface area contributed by atoms with Crippen LogP contribution in [0, 0.1) is 5.41 Å². The Bertz CT molecular complexity index is 700. The number of amides is 1. The minimum atomic E-state index is -0.224. The molecule has 1 N–H and O–H groups in total. The normalized spacial score (nSPS) is 20.9. The van der Waals surface area contributed by atoms with Crippen LogP contribution in [0.1, 0.15) is 23.2 Å². The minimum Gasteiger partial charge on any atom is -0.396 e. The molecule has 0 radical (unpaired) electrons. The van der Waals surface area contributed by atoms with Crippen LogP contribution in [0.5, 0.6) is 0 Å². The lowest BCUT2D eigenvalue weighted by molar-refractivity contribution is 0.0138. The number of piperidine rings is 1. The molecule has 1 aliphatic rings. The number of aliphatic hydroxyl groups is 1. The minimum absolute atomic E-state index is 0.0435. The summed E-state index contributed by atoms with van der Waals surface area (Å²) < 4.78 is 0. The summed E-state index contributed by atoms with van der Waals surface area (Å²) in [4.78, 5) is 21.2. The summed E-state index contributed by atoms with van der Waals surface area (Å²) in [5, 5.41) is 12.8. The number of aliphatic hydroxyl groups excluding tert-OH is 1. The van der Waals surface area contributed by atoms with Crippen LogP contribution < -0.4 is 0 Å². The lowest BCUT2D eigenvalue weighted by Gasteiger charge is -2.43. The van der Waals surface area contributed by atoms with Gasteiger partial charge in [0.2, 0.25) is 0 Å². The van der Waals surface area contributed by atoms with Gasteiger partial charge in [-0.05, 0) is 39.1 Å². The lowest BCUT2D eigenvalue weighted by Crippen LogP contribution is -2.51. The van der Waals surface area contributed by atoms with Gasteiger partial charge in [-0.2, -0.15) is 0 Å². The number of nitrogens with zero attached hydrogens (tertiary/aromatic N) is 3. The summed E-state index contributed by atoms with van der Waals surface area (Å²) in [6.45, 7) is 2.26. The molecule has 5 nitrogen and oxygen atoms in total. The Morgan fingerprint density at radius 2 is 2.12 bits per heavy atom. The summed E-state index contributed by atoms with van der Waals surface area (Å²) >= 11 is 1.59. The van der Waals surface area contributed by atoms with Gasteiger partial charge < -0.3 is 14.9 Å². The average Bonchev–Trinajstić information content (AvgIpc) is 3.15. The topological polar surface area (TPSA) is 56.7 Å². The van der Waals surface area contributed by atoms with E-state index in [1.807, 2.05) is 48.6 Å². The van der Waals surface area contributed by atoms with E-state index < -0.39 is 0 Å². The molecule has 0 bridgehead atoms. The van der Waals surface area contributed by atoms with Crippen LogP contribution in [0.4, 0.5) is 0 Å². The van der Waals surface area contributed by atoms with Gasteiger partial charge in [0, 0.05) is 47.8 Å². The van der Waals surface area contributed by atoms with Crippen LogP contribution in [-0.4, -0.2) is 66.1 Å². The number of likely N-dealkylation sites (tertiary alicyclic amines) is 1. The quantitative estimate of drug-likeness (QED) is 0.891. The SMILES string of the molecule is CN(C)CC1(CO)CCCN(C(=O)c2ccc(-c3nccs3)cc2)C1. The van der Waals surface area contributed by atoms with Gasteiger partial charge in [-0.25, -0.2) is 4.98 Å². The van der Waals surface area contributed by atoms with Crippen molar-refractivity contribution >= 4 is 17.2 Å². The maximum absolute atomic E-state index is 12.9. The Hall–Kier alpha value is -1.76. The van der Waals surface area contributed by atoms with Crippen LogP contribution in [-0.2, 0) is 0 Å². The van der Waals surface area contributed by atoms with Gasteiger partial charge in [0.1, 0.15) is 5.01 Å². The van der Waals surface area contributed by atoms with Crippen molar-refractivity contribution in [2.45, 2.75) is 12.8 Å². The van der Waals surface area contributed by atoms with Crippen molar-refractivity contribution in [3.63, 3.8) is 0 Å². The Kier molecular flexibility index (Phi) is 5.51. The highest BCUT2D eigenvalue weighted by atomic mass is 32.1. The molecule has 6 heteroatoms. The van der Waals surface area contributed by atoms with E-state index in [0.717, 1.165) is 36.5 Å². The van der Waals surface area contributed by atoms with Crippen molar-refractivity contribution in [2.75, 3.05) is 40.3 Å². The molecule has 1 aromatic carbocycles. The van der Waals surface area contributed by atoms with Crippen molar-refractivity contribution in [1.82, 2.24) is 14.8 Å². The van der Waals surface area contributed by atoms with Crippen LogP contribution in [0.25, 0.3) is 10.6 Å². The summed E-state index contributed by atoms with van der Waals surface area (Å²) in [6.07, 6.45) is 3.66. The molecule has 2 aromatic rings. The highest BCUT2D eigenvalue weighted by Crippen LogP contribution is 2.31. The molecule has 0 aliphatic carbocycles. The van der Waals surface area contributed by atoms with Gasteiger partial charge in [0.15, 0.2) is 0 Å². The lowest BCUT2D eigenvalue weighted by atomic mass is 9.80. The van der Waals surface area contributed by atoms with E-state index >= 15 is 0 Å². The van der Waals surface area contributed by atoms with Gasteiger partial charge in [0.05, 0.1) is 6.61 Å². The zero-order valence-electron chi connectivity index (χ0n) is 14.8. The third-order valence-corrected chi connectivity index (χ3v) is 5.57. The molecule has 134 valence electrons. The number of aromatic nitrogens is 1. The zero-order chi connectivity index (χ0) is 17.9. The van der Waals surface area contributed by atoms with Crippen molar-refractivity contribution in [2.24, 2.45) is 5.41 Å². The van der Waals surface area contributed by atoms with E-state index in [2.05, 4.69) is 9.88 Å². The second-order valence-electron chi connectivity index (χ2n) is 7.14. The first-order valence-electron chi connectivity index (χ1n) is 8.58. The summed E-state index contributed by atoms with van der Waals surface area (Å²) in [7, 11) is 4.02. The second-order valence-corrected chi connectivity index (χ2v) is 8.04. The molecule has 1 saturated heterocycles. The Balaban J connectivity index is 1.73. The van der Waals surface area contributed by atoms with Crippen molar-refractivity contribution in [3.05, 3.63) is 41.4 Å². The highest BCUT2D eigenvalue weighted by Gasteiger charge is 2.37. The van der Waals surface area contributed by atoms with Crippen LogP contribution in [0.2, 0.25) is 0 Å². The van der Waals surface area contributed by atoms with Crippen LogP contribution in [0.15, 0.2) is 35.8 Å². The molecular weight excluding hydrogens is 334 g/mol. The van der Waals surface area contributed by atoms with E-state index in [1.165, 1.54) is 0 Å². The van der Waals surface area contributed by atoms with Gasteiger partial charge >= 0.3 is 0 Å². The maximum Gasteiger partial charge on any atom is 0.253 e. The molecule has 1 aliphatic heterocycles. The Labute approximate surface area is 152 Å². The van der Waals surface area contributed by atoms with Gasteiger partial charge in [-0.15, -0.1) is 11.3 Å². The van der Waals surface area contributed by atoms with Crippen LogP contribution >= 0.6 is 11.3 Å².